The van der Waals surface area contributed by atoms with Gasteiger partial charge in [0.1, 0.15) is 11.5 Å². The summed E-state index contributed by atoms with van der Waals surface area (Å²) in [7, 11) is 0. The van der Waals surface area contributed by atoms with Crippen LogP contribution in [0, 0.1) is 6.92 Å². The molecule has 1 fully saturated rings. The fraction of sp³-hybridized carbons (Fsp3) is 0.100. The first kappa shape index (κ1) is 26.5. The third kappa shape index (κ3) is 6.87. The van der Waals surface area contributed by atoms with E-state index in [1.165, 1.54) is 11.8 Å². The number of anilines is 1. The fourth-order valence-corrected chi connectivity index (χ4v) is 5.26. The van der Waals surface area contributed by atoms with Gasteiger partial charge in [-0.1, -0.05) is 42.0 Å². The van der Waals surface area contributed by atoms with Crippen LogP contribution in [0.1, 0.15) is 16.9 Å². The number of hydrogen-bond donors (Lipinski definition) is 1. The molecular weight excluding hydrogens is 578 g/mol. The molecule has 4 aromatic rings. The number of ether oxygens (including phenoxy) is 1. The van der Waals surface area contributed by atoms with Crippen molar-refractivity contribution in [2.75, 3.05) is 11.9 Å². The Hall–Kier alpha value is -4.08. The number of furan rings is 1. The molecular formula is C30H24BrN3O4S. The minimum absolute atomic E-state index is 0.137. The zero-order chi connectivity index (χ0) is 27.2. The Kier molecular flexibility index (Phi) is 8.29. The summed E-state index contributed by atoms with van der Waals surface area (Å²) in [6, 6.07) is 26.1. The summed E-state index contributed by atoms with van der Waals surface area (Å²) in [5.74, 6) is 0.774. The normalized spacial score (nSPS) is 15.2. The second-order valence-electron chi connectivity index (χ2n) is 8.70. The smallest absolute Gasteiger partial charge is 0.267 e. The lowest BCUT2D eigenvalue weighted by Gasteiger charge is -2.13. The SMILES string of the molecule is Cc1ccc(NC(=O)COc2ccc(/C=C3\SC(=Nc4ccccc4)N(Cc4ccco4)C3=O)cc2Br)cc1. The average Bonchev–Trinajstić information content (AvgIpc) is 3.54. The Morgan fingerprint density at radius 2 is 1.87 bits per heavy atom. The van der Waals surface area contributed by atoms with E-state index in [0.717, 1.165) is 16.8 Å². The summed E-state index contributed by atoms with van der Waals surface area (Å²) in [6.45, 7) is 2.13. The maximum atomic E-state index is 13.4. The van der Waals surface area contributed by atoms with Crippen LogP contribution in [0.25, 0.3) is 6.08 Å². The van der Waals surface area contributed by atoms with Gasteiger partial charge in [0.2, 0.25) is 0 Å². The fourth-order valence-electron chi connectivity index (χ4n) is 3.75. The molecule has 1 saturated heterocycles. The monoisotopic (exact) mass is 601 g/mol. The van der Waals surface area contributed by atoms with E-state index in [0.29, 0.717) is 31.7 Å². The van der Waals surface area contributed by atoms with Gasteiger partial charge in [0.05, 0.1) is 27.9 Å². The molecule has 196 valence electrons. The van der Waals surface area contributed by atoms with Crippen molar-refractivity contribution < 1.29 is 18.7 Å². The topological polar surface area (TPSA) is 84.1 Å². The highest BCUT2D eigenvalue weighted by Gasteiger charge is 2.34. The van der Waals surface area contributed by atoms with Crippen LogP contribution >= 0.6 is 27.7 Å². The Bertz CT molecular complexity index is 1530. The van der Waals surface area contributed by atoms with E-state index in [4.69, 9.17) is 14.1 Å². The summed E-state index contributed by atoms with van der Waals surface area (Å²) in [4.78, 5) is 32.5. The van der Waals surface area contributed by atoms with Crippen LogP contribution in [0.3, 0.4) is 0 Å². The van der Waals surface area contributed by atoms with Crippen LogP contribution < -0.4 is 10.1 Å². The lowest BCUT2D eigenvalue weighted by Crippen LogP contribution is -2.28. The molecule has 2 heterocycles. The van der Waals surface area contributed by atoms with Crippen molar-refractivity contribution in [3.63, 3.8) is 0 Å². The van der Waals surface area contributed by atoms with E-state index in [9.17, 15) is 9.59 Å². The molecule has 0 aliphatic carbocycles. The minimum Gasteiger partial charge on any atom is -0.483 e. The number of benzene rings is 3. The second kappa shape index (κ2) is 12.2. The van der Waals surface area contributed by atoms with E-state index >= 15 is 0 Å². The molecule has 39 heavy (non-hydrogen) atoms. The number of thioether (sulfide) groups is 1. The third-order valence-electron chi connectivity index (χ3n) is 5.71. The van der Waals surface area contributed by atoms with Crippen LogP contribution in [0.4, 0.5) is 11.4 Å². The first-order chi connectivity index (χ1) is 18.9. The summed E-state index contributed by atoms with van der Waals surface area (Å²) >= 11 is 4.83. The molecule has 0 unspecified atom stereocenters. The Morgan fingerprint density at radius 3 is 2.59 bits per heavy atom. The number of carbonyl (C=O) groups is 2. The summed E-state index contributed by atoms with van der Waals surface area (Å²) in [5, 5.41) is 3.39. The summed E-state index contributed by atoms with van der Waals surface area (Å²) in [5.41, 5.74) is 3.39. The predicted molar refractivity (Wildman–Crippen MR) is 158 cm³/mol. The molecule has 1 N–H and O–H groups in total. The van der Waals surface area contributed by atoms with Crippen molar-refractivity contribution >= 4 is 62.1 Å². The highest BCUT2D eigenvalue weighted by molar-refractivity contribution is 9.10. The molecule has 0 radical (unpaired) electrons. The van der Waals surface area contributed by atoms with Crippen LogP contribution in [0.2, 0.25) is 0 Å². The Balaban J connectivity index is 1.29. The summed E-state index contributed by atoms with van der Waals surface area (Å²) in [6.07, 6.45) is 3.40. The minimum atomic E-state index is -0.258. The molecule has 5 rings (SSSR count). The van der Waals surface area contributed by atoms with Crippen molar-refractivity contribution in [3.8, 4) is 5.75 Å². The first-order valence-corrected chi connectivity index (χ1v) is 13.7. The quantitative estimate of drug-likeness (QED) is 0.216. The van der Waals surface area contributed by atoms with Gasteiger partial charge in [-0.15, -0.1) is 0 Å². The average molecular weight is 603 g/mol. The molecule has 2 amide bonds. The maximum absolute atomic E-state index is 13.4. The number of halogens is 1. The Labute approximate surface area is 238 Å². The third-order valence-corrected chi connectivity index (χ3v) is 7.34. The lowest BCUT2D eigenvalue weighted by molar-refractivity contribution is -0.122. The van der Waals surface area contributed by atoms with Gasteiger partial charge in [0.15, 0.2) is 11.8 Å². The van der Waals surface area contributed by atoms with E-state index in [1.54, 1.807) is 23.3 Å². The van der Waals surface area contributed by atoms with E-state index in [1.807, 2.05) is 85.8 Å². The molecule has 1 aliphatic rings. The molecule has 0 bridgehead atoms. The molecule has 7 nitrogen and oxygen atoms in total. The van der Waals surface area contributed by atoms with Gasteiger partial charge in [-0.2, -0.15) is 0 Å². The number of nitrogens with zero attached hydrogens (tertiary/aromatic N) is 2. The van der Waals surface area contributed by atoms with Crippen LogP contribution in [0.15, 0.2) is 110 Å². The second-order valence-corrected chi connectivity index (χ2v) is 10.6. The van der Waals surface area contributed by atoms with E-state index in [-0.39, 0.29) is 25.0 Å². The van der Waals surface area contributed by atoms with Gasteiger partial charge >= 0.3 is 0 Å². The van der Waals surface area contributed by atoms with E-state index in [2.05, 4.69) is 21.2 Å². The standard InChI is InChI=1S/C30H24BrN3O4S/c1-20-9-12-23(13-10-20)32-28(35)19-38-26-14-11-21(16-25(26)31)17-27-29(36)34(18-24-8-5-15-37-24)30(39-27)33-22-6-3-2-4-7-22/h2-17H,18-19H2,1H3,(H,32,35)/b27-17-,33-30?. The van der Waals surface area contributed by atoms with Crippen LogP contribution in [0.5, 0.6) is 5.75 Å². The zero-order valence-electron chi connectivity index (χ0n) is 21.0. The van der Waals surface area contributed by atoms with Gasteiger partial charge in [0.25, 0.3) is 11.8 Å². The predicted octanol–water partition coefficient (Wildman–Crippen LogP) is 7.17. The van der Waals surface area contributed by atoms with Crippen LogP contribution in [-0.4, -0.2) is 28.5 Å². The number of amidine groups is 1. The lowest BCUT2D eigenvalue weighted by atomic mass is 10.2. The number of nitrogens with one attached hydrogen (secondary N) is 1. The van der Waals surface area contributed by atoms with Crippen molar-refractivity contribution in [3.05, 3.63) is 117 Å². The van der Waals surface area contributed by atoms with Gasteiger partial charge < -0.3 is 14.5 Å². The molecule has 9 heteroatoms. The number of para-hydroxylation sites is 1. The maximum Gasteiger partial charge on any atom is 0.267 e. The van der Waals surface area contributed by atoms with Crippen molar-refractivity contribution in [2.45, 2.75) is 13.5 Å². The van der Waals surface area contributed by atoms with Gasteiger partial charge in [-0.25, -0.2) is 4.99 Å². The number of hydrogen-bond acceptors (Lipinski definition) is 6. The number of aryl methyl sites for hydroxylation is 1. The first-order valence-electron chi connectivity index (χ1n) is 12.1. The zero-order valence-corrected chi connectivity index (χ0v) is 23.4. The van der Waals surface area contributed by atoms with Crippen molar-refractivity contribution in [1.82, 2.24) is 4.90 Å². The van der Waals surface area contributed by atoms with E-state index < -0.39 is 0 Å². The highest BCUT2D eigenvalue weighted by atomic mass is 79.9. The molecule has 1 aliphatic heterocycles. The number of rotatable bonds is 8. The van der Waals surface area contributed by atoms with Gasteiger partial charge in [-0.05, 0) is 94.8 Å². The largest absolute Gasteiger partial charge is 0.483 e. The Morgan fingerprint density at radius 1 is 1.08 bits per heavy atom. The summed E-state index contributed by atoms with van der Waals surface area (Å²) < 4.78 is 11.9. The van der Waals surface area contributed by atoms with Crippen molar-refractivity contribution in [1.29, 1.82) is 0 Å². The number of amides is 2. The molecule has 0 atom stereocenters. The van der Waals surface area contributed by atoms with Gasteiger partial charge in [-0.3, -0.25) is 14.5 Å². The molecule has 0 spiro atoms. The van der Waals surface area contributed by atoms with Gasteiger partial charge in [0, 0.05) is 5.69 Å². The number of carbonyl (C=O) groups excluding carboxylic acids is 2. The highest BCUT2D eigenvalue weighted by Crippen LogP contribution is 2.36. The van der Waals surface area contributed by atoms with Crippen molar-refractivity contribution in [2.24, 2.45) is 4.99 Å². The molecule has 0 saturated carbocycles. The molecule has 3 aromatic carbocycles. The van der Waals surface area contributed by atoms with Crippen LogP contribution in [-0.2, 0) is 16.1 Å². The molecule has 1 aromatic heterocycles. The number of aliphatic imine (C=N–C) groups is 1.